The second-order valence-electron chi connectivity index (χ2n) is 6.31. The topological polar surface area (TPSA) is 98.5 Å². The summed E-state index contributed by atoms with van der Waals surface area (Å²) in [5.41, 5.74) is 1.11. The molecule has 0 aliphatic heterocycles. The van der Waals surface area contributed by atoms with Crippen LogP contribution in [0.5, 0.6) is 0 Å². The molecule has 0 unspecified atom stereocenters. The van der Waals surface area contributed by atoms with Gasteiger partial charge in [-0.2, -0.15) is 0 Å². The molecule has 0 atom stereocenters. The zero-order valence-corrected chi connectivity index (χ0v) is 17.0. The minimum Gasteiger partial charge on any atom is -0.313 e. The zero-order valence-electron chi connectivity index (χ0n) is 15.4. The predicted molar refractivity (Wildman–Crippen MR) is 109 cm³/mol. The van der Waals surface area contributed by atoms with E-state index in [4.69, 9.17) is 0 Å². The summed E-state index contributed by atoms with van der Waals surface area (Å²) in [5.74, 6) is 0. The summed E-state index contributed by atoms with van der Waals surface area (Å²) in [6.45, 7) is 2.49. The quantitative estimate of drug-likeness (QED) is 0.520. The minimum atomic E-state index is -0.477. The lowest BCUT2D eigenvalue weighted by Gasteiger charge is -2.07. The third-order valence-corrected chi connectivity index (χ3v) is 6.23. The van der Waals surface area contributed by atoms with Gasteiger partial charge in [0.1, 0.15) is 5.01 Å². The van der Waals surface area contributed by atoms with Crippen LogP contribution >= 0.6 is 23.1 Å². The Bertz CT molecular complexity index is 1240. The molecule has 0 radical (unpaired) electrons. The van der Waals surface area contributed by atoms with Gasteiger partial charge in [-0.15, -0.1) is 10.2 Å². The molecule has 0 saturated heterocycles. The molecular formula is C18H18N6O2S2. The molecule has 4 rings (SSSR count). The summed E-state index contributed by atoms with van der Waals surface area (Å²) < 4.78 is 3.98. The largest absolute Gasteiger partial charge is 0.329 e. The fraction of sp³-hybridized carbons (Fsp3) is 0.278. The zero-order chi connectivity index (χ0) is 19.7. The summed E-state index contributed by atoms with van der Waals surface area (Å²) >= 11 is 2.83. The SMILES string of the molecule is Cc1nnc(Sc2nc3c(c(=O)[nH]c(=O)n3C)n2CCCc2ccccc2)s1. The molecule has 0 aliphatic rings. The molecule has 1 aromatic carbocycles. The van der Waals surface area contributed by atoms with Crippen molar-refractivity contribution in [2.75, 3.05) is 0 Å². The predicted octanol–water partition coefficient (Wildman–Crippen LogP) is 2.37. The van der Waals surface area contributed by atoms with Crippen LogP contribution in [0.2, 0.25) is 0 Å². The highest BCUT2D eigenvalue weighted by Crippen LogP contribution is 2.31. The number of rotatable bonds is 6. The monoisotopic (exact) mass is 414 g/mol. The van der Waals surface area contributed by atoms with Gasteiger partial charge in [-0.1, -0.05) is 41.7 Å². The highest BCUT2D eigenvalue weighted by Gasteiger charge is 2.19. The maximum atomic E-state index is 12.5. The van der Waals surface area contributed by atoms with Crippen LogP contribution in [0.1, 0.15) is 17.0 Å². The van der Waals surface area contributed by atoms with E-state index in [0.29, 0.717) is 22.9 Å². The van der Waals surface area contributed by atoms with Crippen molar-refractivity contribution in [1.82, 2.24) is 29.3 Å². The van der Waals surface area contributed by atoms with E-state index in [1.807, 2.05) is 29.7 Å². The van der Waals surface area contributed by atoms with Crippen LogP contribution in [0, 0.1) is 6.92 Å². The molecule has 0 saturated carbocycles. The number of aromatic amines is 1. The number of nitrogens with one attached hydrogen (secondary N) is 1. The number of nitrogens with zero attached hydrogens (tertiary/aromatic N) is 5. The molecule has 4 aromatic rings. The molecule has 10 heteroatoms. The maximum absolute atomic E-state index is 12.5. The first-order valence-corrected chi connectivity index (χ1v) is 10.4. The molecule has 0 bridgehead atoms. The van der Waals surface area contributed by atoms with E-state index in [9.17, 15) is 9.59 Å². The van der Waals surface area contributed by atoms with Crippen molar-refractivity contribution in [2.45, 2.75) is 35.8 Å². The molecule has 1 N–H and O–H groups in total. The molecule has 3 aromatic heterocycles. The first-order valence-electron chi connectivity index (χ1n) is 8.74. The lowest BCUT2D eigenvalue weighted by molar-refractivity contribution is 0.608. The normalized spacial score (nSPS) is 11.4. The molecule has 3 heterocycles. The van der Waals surface area contributed by atoms with Gasteiger partial charge in [0.15, 0.2) is 20.7 Å². The molecule has 0 fully saturated rings. The molecular weight excluding hydrogens is 396 g/mol. The van der Waals surface area contributed by atoms with Crippen molar-refractivity contribution in [2.24, 2.45) is 7.05 Å². The molecule has 144 valence electrons. The van der Waals surface area contributed by atoms with Crippen LogP contribution in [0.4, 0.5) is 0 Å². The van der Waals surface area contributed by atoms with Gasteiger partial charge in [0.2, 0.25) is 0 Å². The lowest BCUT2D eigenvalue weighted by Crippen LogP contribution is -2.29. The van der Waals surface area contributed by atoms with Crippen LogP contribution in [0.3, 0.4) is 0 Å². The second kappa shape index (κ2) is 7.72. The van der Waals surface area contributed by atoms with Crippen LogP contribution in [0.15, 0.2) is 49.4 Å². The Kier molecular flexibility index (Phi) is 5.14. The molecule has 0 amide bonds. The van der Waals surface area contributed by atoms with Crippen molar-refractivity contribution >= 4 is 34.3 Å². The van der Waals surface area contributed by atoms with Crippen LogP contribution in [0.25, 0.3) is 11.2 Å². The first-order chi connectivity index (χ1) is 13.5. The van der Waals surface area contributed by atoms with Crippen molar-refractivity contribution in [1.29, 1.82) is 0 Å². The van der Waals surface area contributed by atoms with Gasteiger partial charge in [0.25, 0.3) is 5.56 Å². The summed E-state index contributed by atoms with van der Waals surface area (Å²) in [6, 6.07) is 10.2. The van der Waals surface area contributed by atoms with E-state index in [2.05, 4.69) is 32.3 Å². The van der Waals surface area contributed by atoms with Crippen LogP contribution < -0.4 is 11.2 Å². The average Bonchev–Trinajstić information content (AvgIpc) is 3.25. The Morgan fingerprint density at radius 2 is 1.96 bits per heavy atom. The van der Waals surface area contributed by atoms with Gasteiger partial charge in [-0.05, 0) is 37.1 Å². The lowest BCUT2D eigenvalue weighted by atomic mass is 10.1. The minimum absolute atomic E-state index is 0.372. The summed E-state index contributed by atoms with van der Waals surface area (Å²) in [4.78, 5) is 31.4. The fourth-order valence-corrected chi connectivity index (χ4v) is 4.81. The van der Waals surface area contributed by atoms with Gasteiger partial charge in [0.05, 0.1) is 0 Å². The number of imidazole rings is 1. The molecule has 0 spiro atoms. The number of hydrogen-bond acceptors (Lipinski definition) is 7. The molecule has 28 heavy (non-hydrogen) atoms. The van der Waals surface area contributed by atoms with E-state index in [-0.39, 0.29) is 0 Å². The number of aryl methyl sites for hydroxylation is 4. The van der Waals surface area contributed by atoms with Gasteiger partial charge in [-0.3, -0.25) is 14.3 Å². The molecule has 0 aliphatic carbocycles. The van der Waals surface area contributed by atoms with Crippen molar-refractivity contribution < 1.29 is 0 Å². The average molecular weight is 415 g/mol. The van der Waals surface area contributed by atoms with E-state index >= 15 is 0 Å². The van der Waals surface area contributed by atoms with Gasteiger partial charge in [0, 0.05) is 13.6 Å². The number of H-pyrrole nitrogens is 1. The Hall–Kier alpha value is -2.72. The molecule has 8 nitrogen and oxygen atoms in total. The van der Waals surface area contributed by atoms with Gasteiger partial charge in [-0.25, -0.2) is 9.78 Å². The number of fused-ring (bicyclic) bond motifs is 1. The smallest absolute Gasteiger partial charge is 0.313 e. The van der Waals surface area contributed by atoms with Crippen molar-refractivity contribution in [3.63, 3.8) is 0 Å². The Morgan fingerprint density at radius 3 is 2.68 bits per heavy atom. The Morgan fingerprint density at radius 1 is 1.18 bits per heavy atom. The van der Waals surface area contributed by atoms with E-state index in [1.165, 1.54) is 33.2 Å². The van der Waals surface area contributed by atoms with E-state index in [0.717, 1.165) is 22.2 Å². The van der Waals surface area contributed by atoms with Crippen molar-refractivity contribution in [3.05, 3.63) is 61.7 Å². The summed E-state index contributed by atoms with van der Waals surface area (Å²) in [5, 5.41) is 9.66. The van der Waals surface area contributed by atoms with Gasteiger partial charge < -0.3 is 4.57 Å². The number of aromatic nitrogens is 6. The summed E-state index contributed by atoms with van der Waals surface area (Å²) in [6.07, 6.45) is 1.71. The van der Waals surface area contributed by atoms with Crippen LogP contribution in [-0.2, 0) is 20.0 Å². The highest BCUT2D eigenvalue weighted by molar-refractivity contribution is 8.00. The third-order valence-electron chi connectivity index (χ3n) is 4.35. The Labute approximate surface area is 168 Å². The standard InChI is InChI=1S/C18H18N6O2S2/c1-11-21-22-18(27-11)28-17-19-14-13(15(25)20-16(26)23(14)2)24(17)10-6-9-12-7-4-3-5-8-12/h3-5,7-8H,6,9-10H2,1-2H3,(H,20,25,26). The first kappa shape index (κ1) is 18.6. The second-order valence-corrected chi connectivity index (χ2v) is 8.71. The van der Waals surface area contributed by atoms with Gasteiger partial charge >= 0.3 is 5.69 Å². The summed E-state index contributed by atoms with van der Waals surface area (Å²) in [7, 11) is 1.60. The van der Waals surface area contributed by atoms with E-state index < -0.39 is 11.2 Å². The van der Waals surface area contributed by atoms with Crippen LogP contribution in [-0.4, -0.2) is 29.3 Å². The number of benzene rings is 1. The van der Waals surface area contributed by atoms with Crippen molar-refractivity contribution in [3.8, 4) is 0 Å². The Balaban J connectivity index is 1.72. The fourth-order valence-electron chi connectivity index (χ4n) is 2.98. The maximum Gasteiger partial charge on any atom is 0.329 e. The highest BCUT2D eigenvalue weighted by atomic mass is 32.2. The van der Waals surface area contributed by atoms with E-state index in [1.54, 1.807) is 7.05 Å². The third kappa shape index (κ3) is 3.65. The number of hydrogen-bond donors (Lipinski definition) is 1.